The fraction of sp³-hybridized carbons (Fsp3) is 0.278. The van der Waals surface area contributed by atoms with E-state index in [9.17, 15) is 13.2 Å². The van der Waals surface area contributed by atoms with E-state index in [1.165, 1.54) is 18.2 Å². The van der Waals surface area contributed by atoms with Crippen molar-refractivity contribution in [2.45, 2.75) is 24.7 Å². The second kappa shape index (κ2) is 7.47. The third kappa shape index (κ3) is 3.82. The summed E-state index contributed by atoms with van der Waals surface area (Å²) in [4.78, 5) is 14.5. The highest BCUT2D eigenvalue weighted by Crippen LogP contribution is 2.28. The molecule has 0 atom stereocenters. The van der Waals surface area contributed by atoms with Crippen LogP contribution in [0.15, 0.2) is 41.3 Å². The van der Waals surface area contributed by atoms with Crippen LogP contribution in [0.4, 0.5) is 5.69 Å². The number of likely N-dealkylation sites (tertiary alicyclic amines) is 1. The van der Waals surface area contributed by atoms with Crippen LogP contribution in [0.3, 0.4) is 0 Å². The molecule has 138 valence electrons. The molecule has 0 unspecified atom stereocenters. The summed E-state index contributed by atoms with van der Waals surface area (Å²) in [5, 5.41) is 0.728. The van der Waals surface area contributed by atoms with Crippen LogP contribution in [0, 0.1) is 6.92 Å². The zero-order chi connectivity index (χ0) is 18.9. The van der Waals surface area contributed by atoms with Gasteiger partial charge in [-0.25, -0.2) is 8.42 Å². The molecule has 1 aliphatic heterocycles. The predicted octanol–water partition coefficient (Wildman–Crippen LogP) is 4.34. The van der Waals surface area contributed by atoms with Gasteiger partial charge in [0.25, 0.3) is 15.9 Å². The van der Waals surface area contributed by atoms with Gasteiger partial charge in [-0.2, -0.15) is 0 Å². The van der Waals surface area contributed by atoms with Gasteiger partial charge in [0.2, 0.25) is 0 Å². The minimum Gasteiger partial charge on any atom is -0.339 e. The molecule has 1 fully saturated rings. The highest BCUT2D eigenvalue weighted by Gasteiger charge is 2.25. The zero-order valence-corrected chi connectivity index (χ0v) is 16.5. The topological polar surface area (TPSA) is 66.5 Å². The van der Waals surface area contributed by atoms with Crippen LogP contribution in [-0.2, 0) is 10.0 Å². The minimum atomic E-state index is -3.91. The lowest BCUT2D eigenvalue weighted by molar-refractivity contribution is 0.0794. The van der Waals surface area contributed by atoms with E-state index in [1.807, 2.05) is 0 Å². The molecule has 1 aliphatic rings. The van der Waals surface area contributed by atoms with E-state index >= 15 is 0 Å². The lowest BCUT2D eigenvalue weighted by Crippen LogP contribution is -2.29. The number of amides is 1. The first-order valence-corrected chi connectivity index (χ1v) is 10.4. The third-order valence-electron chi connectivity index (χ3n) is 4.36. The lowest BCUT2D eigenvalue weighted by atomic mass is 10.1. The molecule has 1 heterocycles. The van der Waals surface area contributed by atoms with Crippen molar-refractivity contribution in [2.24, 2.45) is 0 Å². The molecule has 2 aromatic carbocycles. The van der Waals surface area contributed by atoms with Gasteiger partial charge in [0.1, 0.15) is 0 Å². The molecular weight excluding hydrogens is 395 g/mol. The summed E-state index contributed by atoms with van der Waals surface area (Å²) >= 11 is 12.1. The Labute approximate surface area is 163 Å². The predicted molar refractivity (Wildman–Crippen MR) is 104 cm³/mol. The van der Waals surface area contributed by atoms with Crippen molar-refractivity contribution in [1.29, 1.82) is 0 Å². The monoisotopic (exact) mass is 412 g/mol. The van der Waals surface area contributed by atoms with Crippen LogP contribution in [0.2, 0.25) is 10.0 Å². The van der Waals surface area contributed by atoms with E-state index in [1.54, 1.807) is 30.0 Å². The normalized spacial score (nSPS) is 14.5. The fourth-order valence-corrected chi connectivity index (χ4v) is 4.70. The Bertz CT molecular complexity index is 955. The molecule has 2 aromatic rings. The maximum atomic E-state index is 12.8. The highest BCUT2D eigenvalue weighted by atomic mass is 35.5. The van der Waals surface area contributed by atoms with E-state index in [4.69, 9.17) is 23.2 Å². The van der Waals surface area contributed by atoms with E-state index < -0.39 is 10.0 Å². The van der Waals surface area contributed by atoms with Crippen LogP contribution in [0.25, 0.3) is 0 Å². The zero-order valence-electron chi connectivity index (χ0n) is 14.1. The molecule has 0 aromatic heterocycles. The number of nitrogens with one attached hydrogen (secondary N) is 1. The Hall–Kier alpha value is -1.76. The minimum absolute atomic E-state index is 0.0690. The summed E-state index contributed by atoms with van der Waals surface area (Å²) in [5.41, 5.74) is 0.886. The Balaban J connectivity index is 1.99. The van der Waals surface area contributed by atoms with Crippen molar-refractivity contribution >= 4 is 44.8 Å². The Morgan fingerprint density at radius 3 is 2.50 bits per heavy atom. The number of carbonyl (C=O) groups excluding carboxylic acids is 1. The van der Waals surface area contributed by atoms with Crippen LogP contribution in [-0.4, -0.2) is 32.3 Å². The number of anilines is 1. The smallest absolute Gasteiger partial charge is 0.262 e. The first-order chi connectivity index (χ1) is 12.3. The maximum Gasteiger partial charge on any atom is 0.262 e. The van der Waals surface area contributed by atoms with Gasteiger partial charge in [-0.1, -0.05) is 29.3 Å². The Kier molecular flexibility index (Phi) is 5.46. The lowest BCUT2D eigenvalue weighted by Gasteiger charge is -2.19. The van der Waals surface area contributed by atoms with Crippen molar-refractivity contribution in [3.05, 3.63) is 57.6 Å². The number of sulfonamides is 1. The SMILES string of the molecule is Cc1c(Cl)cccc1S(=O)(=O)Nc1ccc(Cl)cc1C(=O)N1CCCC1. The van der Waals surface area contributed by atoms with E-state index in [0.717, 1.165) is 12.8 Å². The molecular formula is C18H18Cl2N2O3S. The Morgan fingerprint density at radius 1 is 1.12 bits per heavy atom. The molecule has 1 amide bonds. The number of nitrogens with zero attached hydrogens (tertiary/aromatic N) is 1. The summed E-state index contributed by atoms with van der Waals surface area (Å²) in [6.45, 7) is 2.95. The summed E-state index contributed by atoms with van der Waals surface area (Å²) in [5.74, 6) is -0.231. The third-order valence-corrected chi connectivity index (χ3v) is 6.51. The number of hydrogen-bond acceptors (Lipinski definition) is 3. The van der Waals surface area contributed by atoms with E-state index in [0.29, 0.717) is 28.7 Å². The molecule has 5 nitrogen and oxygen atoms in total. The number of rotatable bonds is 4. The second-order valence-electron chi connectivity index (χ2n) is 6.16. The summed E-state index contributed by atoms with van der Waals surface area (Å²) in [7, 11) is -3.91. The maximum absolute atomic E-state index is 12.8. The first kappa shape index (κ1) is 19.0. The number of carbonyl (C=O) groups is 1. The van der Waals surface area contributed by atoms with Crippen LogP contribution in [0.5, 0.6) is 0 Å². The van der Waals surface area contributed by atoms with Gasteiger partial charge in [-0.3, -0.25) is 9.52 Å². The molecule has 0 bridgehead atoms. The highest BCUT2D eigenvalue weighted by molar-refractivity contribution is 7.92. The van der Waals surface area contributed by atoms with Gasteiger partial charge >= 0.3 is 0 Å². The number of benzene rings is 2. The summed E-state index contributed by atoms with van der Waals surface area (Å²) < 4.78 is 28.2. The van der Waals surface area contributed by atoms with Gasteiger partial charge in [0, 0.05) is 23.1 Å². The van der Waals surface area contributed by atoms with Gasteiger partial charge < -0.3 is 4.90 Å². The molecule has 0 spiro atoms. The van der Waals surface area contributed by atoms with Gasteiger partial charge in [-0.05, 0) is 55.7 Å². The molecule has 3 rings (SSSR count). The van der Waals surface area contributed by atoms with Crippen molar-refractivity contribution in [2.75, 3.05) is 17.8 Å². The molecule has 1 saturated heterocycles. The first-order valence-electron chi connectivity index (χ1n) is 8.16. The van der Waals surface area contributed by atoms with Crippen molar-refractivity contribution in [3.8, 4) is 0 Å². The largest absolute Gasteiger partial charge is 0.339 e. The van der Waals surface area contributed by atoms with Gasteiger partial charge in [0.05, 0.1) is 16.1 Å². The van der Waals surface area contributed by atoms with E-state index in [-0.39, 0.29) is 22.1 Å². The fourth-order valence-electron chi connectivity index (χ4n) is 2.95. The number of hydrogen-bond donors (Lipinski definition) is 1. The van der Waals surface area contributed by atoms with E-state index in [2.05, 4.69) is 4.72 Å². The van der Waals surface area contributed by atoms with Crippen LogP contribution < -0.4 is 4.72 Å². The Morgan fingerprint density at radius 2 is 1.81 bits per heavy atom. The summed E-state index contributed by atoms with van der Waals surface area (Å²) in [6, 6.07) is 9.21. The van der Waals surface area contributed by atoms with Crippen molar-refractivity contribution in [3.63, 3.8) is 0 Å². The molecule has 0 aliphatic carbocycles. The average Bonchev–Trinajstić information content (AvgIpc) is 3.12. The molecule has 1 N–H and O–H groups in total. The van der Waals surface area contributed by atoms with Gasteiger partial charge in [-0.15, -0.1) is 0 Å². The van der Waals surface area contributed by atoms with Crippen LogP contribution >= 0.6 is 23.2 Å². The standard InChI is InChI=1S/C18H18Cl2N2O3S/c1-12-15(20)5-4-6-17(12)26(24,25)21-16-8-7-13(19)11-14(16)18(23)22-9-2-3-10-22/h4-8,11,21H,2-3,9-10H2,1H3. The summed E-state index contributed by atoms with van der Waals surface area (Å²) in [6.07, 6.45) is 1.88. The van der Waals surface area contributed by atoms with Crippen molar-refractivity contribution < 1.29 is 13.2 Å². The molecule has 0 radical (unpaired) electrons. The van der Waals surface area contributed by atoms with Gasteiger partial charge in [0.15, 0.2) is 0 Å². The molecule has 8 heteroatoms. The molecule has 26 heavy (non-hydrogen) atoms. The number of halogens is 2. The van der Waals surface area contributed by atoms with Crippen molar-refractivity contribution in [1.82, 2.24) is 4.90 Å². The van der Waals surface area contributed by atoms with Crippen LogP contribution in [0.1, 0.15) is 28.8 Å². The quantitative estimate of drug-likeness (QED) is 0.811. The average molecular weight is 413 g/mol. The second-order valence-corrected chi connectivity index (χ2v) is 8.65. The molecule has 0 saturated carbocycles.